The Morgan fingerprint density at radius 1 is 1.22 bits per heavy atom. The molecule has 0 saturated heterocycles. The van der Waals surface area contributed by atoms with Gasteiger partial charge in [-0.15, -0.1) is 0 Å². The molecule has 2 rings (SSSR count). The van der Waals surface area contributed by atoms with E-state index >= 15 is 0 Å². The molecule has 98 valence electrons. The van der Waals surface area contributed by atoms with Gasteiger partial charge < -0.3 is 4.74 Å². The summed E-state index contributed by atoms with van der Waals surface area (Å²) in [5.74, 6) is 0.458. The average molecular weight is 311 g/mol. The Balaban J connectivity index is 1.80. The van der Waals surface area contributed by atoms with Gasteiger partial charge in [0.15, 0.2) is 5.01 Å². The summed E-state index contributed by atoms with van der Waals surface area (Å²) >= 11 is 3.47. The molecule has 0 aromatic heterocycles. The zero-order valence-electron chi connectivity index (χ0n) is 10.5. The highest BCUT2D eigenvalue weighted by Gasteiger charge is 2.20. The maximum atomic E-state index is 11.8. The number of alkyl halides is 1. The van der Waals surface area contributed by atoms with Gasteiger partial charge in [0.2, 0.25) is 0 Å². The van der Waals surface area contributed by atoms with E-state index in [0.29, 0.717) is 11.5 Å². The zero-order chi connectivity index (χ0) is 12.8. The fraction of sp³-hybridized carbons (Fsp3) is 0.533. The maximum Gasteiger partial charge on any atom is 0.339 e. The van der Waals surface area contributed by atoms with Crippen LogP contribution in [0, 0.1) is 5.92 Å². The molecule has 1 aromatic carbocycles. The van der Waals surface area contributed by atoms with Crippen molar-refractivity contribution >= 4 is 21.9 Å². The fourth-order valence-corrected chi connectivity index (χ4v) is 3.19. The summed E-state index contributed by atoms with van der Waals surface area (Å²) in [6, 6.07) is 9.15. The second-order valence-electron chi connectivity index (χ2n) is 4.92. The van der Waals surface area contributed by atoms with Gasteiger partial charge >= 0.3 is 5.97 Å². The molecule has 1 unspecified atom stereocenters. The highest BCUT2D eigenvalue weighted by atomic mass is 79.9. The van der Waals surface area contributed by atoms with Crippen molar-refractivity contribution in [2.45, 2.75) is 43.5 Å². The lowest BCUT2D eigenvalue weighted by Crippen LogP contribution is -2.18. The average Bonchev–Trinajstić information content (AvgIpc) is 2.40. The van der Waals surface area contributed by atoms with E-state index in [4.69, 9.17) is 4.74 Å². The Kier molecular flexibility index (Phi) is 5.24. The van der Waals surface area contributed by atoms with Crippen LogP contribution in [0.3, 0.4) is 0 Å². The lowest BCUT2D eigenvalue weighted by atomic mass is 9.87. The summed E-state index contributed by atoms with van der Waals surface area (Å²) < 4.78 is 5.42. The molecule has 1 atom stereocenters. The van der Waals surface area contributed by atoms with E-state index in [9.17, 15) is 4.79 Å². The van der Waals surface area contributed by atoms with Crippen LogP contribution in [0.1, 0.15) is 48.9 Å². The van der Waals surface area contributed by atoms with E-state index in [1.54, 1.807) is 12.1 Å². The number of carbonyl (C=O) groups excluding carboxylic acids is 1. The molecule has 0 heterocycles. The SMILES string of the molecule is O=C(OC(Br)CC1CCCCC1)c1ccccc1. The summed E-state index contributed by atoms with van der Waals surface area (Å²) in [6.45, 7) is 0. The van der Waals surface area contributed by atoms with Gasteiger partial charge in [-0.3, -0.25) is 0 Å². The van der Waals surface area contributed by atoms with Gasteiger partial charge in [-0.2, -0.15) is 0 Å². The van der Waals surface area contributed by atoms with Gasteiger partial charge in [-0.25, -0.2) is 4.79 Å². The fourth-order valence-electron chi connectivity index (χ4n) is 2.49. The van der Waals surface area contributed by atoms with Crippen molar-refractivity contribution < 1.29 is 9.53 Å². The van der Waals surface area contributed by atoms with E-state index in [0.717, 1.165) is 6.42 Å². The topological polar surface area (TPSA) is 26.3 Å². The van der Waals surface area contributed by atoms with Gasteiger partial charge in [0.1, 0.15) is 0 Å². The highest BCUT2D eigenvalue weighted by molar-refractivity contribution is 9.09. The summed E-state index contributed by atoms with van der Waals surface area (Å²) in [7, 11) is 0. The summed E-state index contributed by atoms with van der Waals surface area (Å²) in [6.07, 6.45) is 7.45. The molecule has 2 nitrogen and oxygen atoms in total. The van der Waals surface area contributed by atoms with Crippen molar-refractivity contribution in [3.8, 4) is 0 Å². The molecule has 1 saturated carbocycles. The molecular weight excluding hydrogens is 292 g/mol. The first-order valence-corrected chi connectivity index (χ1v) is 7.57. The van der Waals surface area contributed by atoms with Crippen LogP contribution in [-0.4, -0.2) is 11.0 Å². The molecule has 0 spiro atoms. The Morgan fingerprint density at radius 2 is 1.89 bits per heavy atom. The molecule has 0 N–H and O–H groups in total. The van der Waals surface area contributed by atoms with Crippen LogP contribution in [0.2, 0.25) is 0 Å². The first-order valence-electron chi connectivity index (χ1n) is 6.66. The van der Waals surface area contributed by atoms with E-state index in [2.05, 4.69) is 15.9 Å². The number of carbonyl (C=O) groups is 1. The molecular formula is C15H19BrO2. The van der Waals surface area contributed by atoms with Gasteiger partial charge in [0.05, 0.1) is 5.56 Å². The van der Waals surface area contributed by atoms with E-state index < -0.39 is 0 Å². The van der Waals surface area contributed by atoms with Crippen molar-refractivity contribution in [2.24, 2.45) is 5.92 Å². The third-order valence-corrected chi connectivity index (χ3v) is 4.05. The van der Waals surface area contributed by atoms with E-state index in [1.165, 1.54) is 32.1 Å². The number of benzene rings is 1. The van der Waals surface area contributed by atoms with Gasteiger partial charge in [-0.05, 0) is 40.4 Å². The minimum Gasteiger partial charge on any atom is -0.447 e. The lowest BCUT2D eigenvalue weighted by Gasteiger charge is -2.23. The van der Waals surface area contributed by atoms with Gasteiger partial charge in [0.25, 0.3) is 0 Å². The quantitative estimate of drug-likeness (QED) is 0.603. The van der Waals surface area contributed by atoms with Gasteiger partial charge in [0, 0.05) is 0 Å². The molecule has 0 radical (unpaired) electrons. The minimum absolute atomic E-state index is 0.159. The van der Waals surface area contributed by atoms with Crippen molar-refractivity contribution in [3.05, 3.63) is 35.9 Å². The Labute approximate surface area is 117 Å². The predicted octanol–water partition coefficient (Wildman–Crippen LogP) is 4.53. The number of hydrogen-bond donors (Lipinski definition) is 0. The van der Waals surface area contributed by atoms with Crippen LogP contribution in [0.25, 0.3) is 0 Å². The molecule has 0 bridgehead atoms. The lowest BCUT2D eigenvalue weighted by molar-refractivity contribution is 0.0427. The summed E-state index contributed by atoms with van der Waals surface area (Å²) in [5, 5.41) is -0.159. The number of halogens is 1. The molecule has 18 heavy (non-hydrogen) atoms. The first kappa shape index (κ1) is 13.6. The van der Waals surface area contributed by atoms with Crippen LogP contribution in [-0.2, 0) is 4.74 Å². The van der Waals surface area contributed by atoms with Crippen LogP contribution >= 0.6 is 15.9 Å². The Bertz CT molecular complexity index is 371. The third kappa shape index (κ3) is 4.13. The van der Waals surface area contributed by atoms with Crippen LogP contribution in [0.15, 0.2) is 30.3 Å². The third-order valence-electron chi connectivity index (χ3n) is 3.49. The molecule has 1 aliphatic rings. The molecule has 0 amide bonds. The van der Waals surface area contributed by atoms with E-state index in [1.807, 2.05) is 18.2 Å². The number of ether oxygens (including phenoxy) is 1. The maximum absolute atomic E-state index is 11.8. The van der Waals surface area contributed by atoms with Crippen LogP contribution in [0.5, 0.6) is 0 Å². The molecule has 3 heteroatoms. The molecule has 1 fully saturated rings. The minimum atomic E-state index is -0.242. The number of esters is 1. The summed E-state index contributed by atoms with van der Waals surface area (Å²) in [4.78, 5) is 11.8. The number of rotatable bonds is 4. The normalized spacial score (nSPS) is 18.3. The standard InChI is InChI=1S/C15H19BrO2/c16-14(11-12-7-3-1-4-8-12)18-15(17)13-9-5-2-6-10-13/h2,5-6,9-10,12,14H,1,3-4,7-8,11H2. The second kappa shape index (κ2) is 6.93. The largest absolute Gasteiger partial charge is 0.447 e. The first-order chi connectivity index (χ1) is 8.75. The van der Waals surface area contributed by atoms with Crippen LogP contribution < -0.4 is 0 Å². The number of hydrogen-bond acceptors (Lipinski definition) is 2. The molecule has 1 aliphatic carbocycles. The van der Waals surface area contributed by atoms with E-state index in [-0.39, 0.29) is 11.0 Å². The van der Waals surface area contributed by atoms with Crippen molar-refractivity contribution in [3.63, 3.8) is 0 Å². The second-order valence-corrected chi connectivity index (χ2v) is 5.94. The highest BCUT2D eigenvalue weighted by Crippen LogP contribution is 2.29. The van der Waals surface area contributed by atoms with Crippen molar-refractivity contribution in [1.29, 1.82) is 0 Å². The Hall–Kier alpha value is -0.830. The van der Waals surface area contributed by atoms with Crippen molar-refractivity contribution in [2.75, 3.05) is 0 Å². The van der Waals surface area contributed by atoms with Gasteiger partial charge in [-0.1, -0.05) is 50.3 Å². The molecule has 1 aromatic rings. The predicted molar refractivity (Wildman–Crippen MR) is 75.8 cm³/mol. The Morgan fingerprint density at radius 3 is 2.56 bits per heavy atom. The summed E-state index contributed by atoms with van der Waals surface area (Å²) in [5.41, 5.74) is 0.616. The van der Waals surface area contributed by atoms with Crippen molar-refractivity contribution in [1.82, 2.24) is 0 Å². The monoisotopic (exact) mass is 310 g/mol. The smallest absolute Gasteiger partial charge is 0.339 e. The van der Waals surface area contributed by atoms with Crippen LogP contribution in [0.4, 0.5) is 0 Å². The molecule has 0 aliphatic heterocycles. The zero-order valence-corrected chi connectivity index (χ0v) is 12.1.